The standard InChI is InChI=1S/C20H25N3O3/c1-22-10-12-23(13-11-22)17-7-5-4-6-16(17)21-20(24)15-8-9-18(25-2)19(14-15)26-3/h4-9,14H,10-13H2,1-3H3,(H,21,24). The van der Waals surface area contributed by atoms with Gasteiger partial charge in [-0.15, -0.1) is 0 Å². The number of carbonyl (C=O) groups excluding carboxylic acids is 1. The molecular weight excluding hydrogens is 330 g/mol. The van der Waals surface area contributed by atoms with Gasteiger partial charge in [0.2, 0.25) is 0 Å². The highest BCUT2D eigenvalue weighted by Crippen LogP contribution is 2.30. The van der Waals surface area contributed by atoms with E-state index in [0.29, 0.717) is 17.1 Å². The lowest BCUT2D eigenvalue weighted by Crippen LogP contribution is -2.44. The van der Waals surface area contributed by atoms with E-state index >= 15 is 0 Å². The number of amides is 1. The minimum Gasteiger partial charge on any atom is -0.493 e. The fourth-order valence-electron chi connectivity index (χ4n) is 3.07. The largest absolute Gasteiger partial charge is 0.493 e. The number of piperazine rings is 1. The Kier molecular flexibility index (Phi) is 5.63. The molecule has 6 nitrogen and oxygen atoms in total. The summed E-state index contributed by atoms with van der Waals surface area (Å²) >= 11 is 0. The van der Waals surface area contributed by atoms with Crippen LogP contribution in [0, 0.1) is 0 Å². The molecule has 1 N–H and O–H groups in total. The van der Waals surface area contributed by atoms with Gasteiger partial charge in [-0.3, -0.25) is 4.79 Å². The number of hydrogen-bond donors (Lipinski definition) is 1. The number of ether oxygens (including phenoxy) is 2. The van der Waals surface area contributed by atoms with Gasteiger partial charge in [0.1, 0.15) is 0 Å². The Hall–Kier alpha value is -2.73. The van der Waals surface area contributed by atoms with Crippen LogP contribution in [0.5, 0.6) is 11.5 Å². The lowest BCUT2D eigenvalue weighted by molar-refractivity contribution is 0.102. The summed E-state index contributed by atoms with van der Waals surface area (Å²) in [5.41, 5.74) is 2.39. The molecule has 26 heavy (non-hydrogen) atoms. The number of hydrogen-bond acceptors (Lipinski definition) is 5. The number of likely N-dealkylation sites (N-methyl/N-ethyl adjacent to an activating group) is 1. The number of anilines is 2. The third-order valence-corrected chi connectivity index (χ3v) is 4.64. The highest BCUT2D eigenvalue weighted by molar-refractivity contribution is 6.06. The molecule has 138 valence electrons. The maximum Gasteiger partial charge on any atom is 0.255 e. The molecule has 1 fully saturated rings. The first kappa shape index (κ1) is 18.1. The number of methoxy groups -OCH3 is 2. The van der Waals surface area contributed by atoms with Crippen molar-refractivity contribution in [2.75, 3.05) is 57.7 Å². The Bertz CT molecular complexity index is 771. The van der Waals surface area contributed by atoms with Crippen molar-refractivity contribution in [1.82, 2.24) is 4.90 Å². The summed E-state index contributed by atoms with van der Waals surface area (Å²) < 4.78 is 10.5. The predicted octanol–water partition coefficient (Wildman–Crippen LogP) is 2.71. The van der Waals surface area contributed by atoms with Gasteiger partial charge in [0.05, 0.1) is 25.6 Å². The Morgan fingerprint density at radius 1 is 0.962 bits per heavy atom. The van der Waals surface area contributed by atoms with Crippen molar-refractivity contribution in [3.8, 4) is 11.5 Å². The summed E-state index contributed by atoms with van der Waals surface area (Å²) in [4.78, 5) is 17.4. The van der Waals surface area contributed by atoms with E-state index in [4.69, 9.17) is 9.47 Å². The lowest BCUT2D eigenvalue weighted by Gasteiger charge is -2.35. The van der Waals surface area contributed by atoms with Crippen LogP contribution in [0.25, 0.3) is 0 Å². The normalized spacial score (nSPS) is 14.8. The van der Waals surface area contributed by atoms with Crippen molar-refractivity contribution >= 4 is 17.3 Å². The molecule has 2 aromatic rings. The molecule has 0 unspecified atom stereocenters. The van der Waals surface area contributed by atoms with Crippen LogP contribution >= 0.6 is 0 Å². The number of rotatable bonds is 5. The second-order valence-electron chi connectivity index (χ2n) is 6.33. The molecule has 0 spiro atoms. The highest BCUT2D eigenvalue weighted by Gasteiger charge is 2.18. The van der Waals surface area contributed by atoms with Gasteiger partial charge in [-0.25, -0.2) is 0 Å². The van der Waals surface area contributed by atoms with Crippen LogP contribution in [-0.4, -0.2) is 58.3 Å². The smallest absolute Gasteiger partial charge is 0.255 e. The molecule has 3 rings (SSSR count). The highest BCUT2D eigenvalue weighted by atomic mass is 16.5. The molecule has 1 aliphatic rings. The molecule has 1 amide bonds. The van der Waals surface area contributed by atoms with Gasteiger partial charge in [0.15, 0.2) is 11.5 Å². The average molecular weight is 355 g/mol. The van der Waals surface area contributed by atoms with Gasteiger partial charge in [-0.1, -0.05) is 12.1 Å². The van der Waals surface area contributed by atoms with Gasteiger partial charge < -0.3 is 24.6 Å². The summed E-state index contributed by atoms with van der Waals surface area (Å²) in [5.74, 6) is 0.960. The summed E-state index contributed by atoms with van der Waals surface area (Å²) in [6, 6.07) is 13.1. The number of benzene rings is 2. The zero-order valence-electron chi connectivity index (χ0n) is 15.5. The molecule has 0 aliphatic carbocycles. The molecule has 1 saturated heterocycles. The van der Waals surface area contributed by atoms with Crippen molar-refractivity contribution in [3.05, 3.63) is 48.0 Å². The molecule has 2 aromatic carbocycles. The Balaban J connectivity index is 1.80. The monoisotopic (exact) mass is 355 g/mol. The Labute approximate surface area is 154 Å². The second kappa shape index (κ2) is 8.10. The molecule has 0 bridgehead atoms. The van der Waals surface area contributed by atoms with E-state index in [1.807, 2.05) is 18.2 Å². The number of para-hydroxylation sites is 2. The van der Waals surface area contributed by atoms with Crippen molar-refractivity contribution in [3.63, 3.8) is 0 Å². The number of nitrogens with zero attached hydrogens (tertiary/aromatic N) is 2. The Morgan fingerprint density at radius 3 is 2.35 bits per heavy atom. The number of nitrogens with one attached hydrogen (secondary N) is 1. The SMILES string of the molecule is COc1ccc(C(=O)Nc2ccccc2N2CCN(C)CC2)cc1OC. The van der Waals surface area contributed by atoms with Crippen LogP contribution in [0.3, 0.4) is 0 Å². The van der Waals surface area contributed by atoms with E-state index < -0.39 is 0 Å². The van der Waals surface area contributed by atoms with Crippen molar-refractivity contribution in [2.45, 2.75) is 0 Å². The quantitative estimate of drug-likeness (QED) is 0.894. The van der Waals surface area contributed by atoms with E-state index in [0.717, 1.165) is 37.6 Å². The van der Waals surface area contributed by atoms with E-state index in [9.17, 15) is 4.79 Å². The fraction of sp³-hybridized carbons (Fsp3) is 0.350. The van der Waals surface area contributed by atoms with Gasteiger partial charge in [0.25, 0.3) is 5.91 Å². The molecule has 1 aliphatic heterocycles. The second-order valence-corrected chi connectivity index (χ2v) is 6.33. The summed E-state index contributed by atoms with van der Waals surface area (Å²) in [6.45, 7) is 3.91. The zero-order valence-corrected chi connectivity index (χ0v) is 15.5. The first-order valence-corrected chi connectivity index (χ1v) is 8.68. The van der Waals surface area contributed by atoms with E-state index in [2.05, 4.69) is 28.2 Å². The molecule has 0 atom stereocenters. The van der Waals surface area contributed by atoms with Crippen LogP contribution in [-0.2, 0) is 0 Å². The van der Waals surface area contributed by atoms with E-state index in [-0.39, 0.29) is 5.91 Å². The van der Waals surface area contributed by atoms with E-state index in [1.165, 1.54) is 0 Å². The Morgan fingerprint density at radius 2 is 1.65 bits per heavy atom. The first-order chi connectivity index (χ1) is 12.6. The van der Waals surface area contributed by atoms with Crippen LogP contribution in [0.2, 0.25) is 0 Å². The molecule has 0 aromatic heterocycles. The zero-order chi connectivity index (χ0) is 18.5. The first-order valence-electron chi connectivity index (χ1n) is 8.68. The topological polar surface area (TPSA) is 54.0 Å². The predicted molar refractivity (Wildman–Crippen MR) is 104 cm³/mol. The van der Waals surface area contributed by atoms with Crippen LogP contribution < -0.4 is 19.7 Å². The van der Waals surface area contributed by atoms with Gasteiger partial charge in [0, 0.05) is 31.7 Å². The summed E-state index contributed by atoms with van der Waals surface area (Å²) in [7, 11) is 5.26. The molecular formula is C20H25N3O3. The minimum absolute atomic E-state index is 0.174. The fourth-order valence-corrected chi connectivity index (χ4v) is 3.07. The molecule has 0 radical (unpaired) electrons. The van der Waals surface area contributed by atoms with Gasteiger partial charge in [-0.2, -0.15) is 0 Å². The lowest BCUT2D eigenvalue weighted by atomic mass is 10.1. The molecule has 0 saturated carbocycles. The minimum atomic E-state index is -0.174. The van der Waals surface area contributed by atoms with Gasteiger partial charge in [-0.05, 0) is 37.4 Å². The van der Waals surface area contributed by atoms with Crippen LogP contribution in [0.15, 0.2) is 42.5 Å². The number of carbonyl (C=O) groups is 1. The average Bonchev–Trinajstić information content (AvgIpc) is 2.68. The molecule has 1 heterocycles. The van der Waals surface area contributed by atoms with E-state index in [1.54, 1.807) is 32.4 Å². The third-order valence-electron chi connectivity index (χ3n) is 4.64. The maximum atomic E-state index is 12.7. The van der Waals surface area contributed by atoms with Crippen LogP contribution in [0.4, 0.5) is 11.4 Å². The molecule has 6 heteroatoms. The van der Waals surface area contributed by atoms with Crippen molar-refractivity contribution < 1.29 is 14.3 Å². The van der Waals surface area contributed by atoms with Crippen molar-refractivity contribution in [1.29, 1.82) is 0 Å². The summed E-state index contributed by atoms with van der Waals surface area (Å²) in [5, 5.41) is 3.03. The van der Waals surface area contributed by atoms with Gasteiger partial charge >= 0.3 is 0 Å². The van der Waals surface area contributed by atoms with Crippen molar-refractivity contribution in [2.24, 2.45) is 0 Å². The summed E-state index contributed by atoms with van der Waals surface area (Å²) in [6.07, 6.45) is 0. The maximum absolute atomic E-state index is 12.7. The van der Waals surface area contributed by atoms with Crippen LogP contribution in [0.1, 0.15) is 10.4 Å². The third kappa shape index (κ3) is 3.91.